The van der Waals surface area contributed by atoms with Crippen LogP contribution < -0.4 is 0 Å². The molecule has 0 atom stereocenters. The van der Waals surface area contributed by atoms with Crippen molar-refractivity contribution in [2.75, 3.05) is 27.2 Å². The molecular weight excluding hydrogens is 340 g/mol. The Morgan fingerprint density at radius 2 is 1.96 bits per heavy atom. The minimum Gasteiger partial charge on any atom is -0.461 e. The first-order valence-electron chi connectivity index (χ1n) is 8.88. The molecule has 0 spiro atoms. The van der Waals surface area contributed by atoms with Gasteiger partial charge in [-0.25, -0.2) is 9.78 Å². The molecule has 0 fully saturated rings. The van der Waals surface area contributed by atoms with E-state index >= 15 is 0 Å². The highest BCUT2D eigenvalue weighted by Gasteiger charge is 2.20. The number of benzene rings is 1. The number of ether oxygens (including phenoxy) is 1. The first kappa shape index (κ1) is 17.3. The molecule has 0 aliphatic rings. The van der Waals surface area contributed by atoms with Gasteiger partial charge in [0.15, 0.2) is 0 Å². The highest BCUT2D eigenvalue weighted by Crippen LogP contribution is 2.29. The molecule has 0 aliphatic heterocycles. The van der Waals surface area contributed by atoms with Crippen molar-refractivity contribution >= 4 is 22.4 Å². The van der Waals surface area contributed by atoms with E-state index in [9.17, 15) is 4.79 Å². The summed E-state index contributed by atoms with van der Waals surface area (Å²) >= 11 is 0. The van der Waals surface area contributed by atoms with Crippen molar-refractivity contribution in [3.05, 3.63) is 60.6 Å². The molecule has 0 unspecified atom stereocenters. The number of likely N-dealkylation sites (N-methyl/N-ethyl adjacent to an activating group) is 1. The maximum Gasteiger partial charge on any atom is 0.341 e. The minimum atomic E-state index is -0.291. The van der Waals surface area contributed by atoms with Gasteiger partial charge in [0.2, 0.25) is 0 Å². The number of pyridine rings is 1. The zero-order chi connectivity index (χ0) is 19.0. The number of carbonyl (C=O) groups excluding carboxylic acids is 1. The van der Waals surface area contributed by atoms with Crippen LogP contribution in [0.5, 0.6) is 0 Å². The molecule has 4 rings (SSSR count). The van der Waals surface area contributed by atoms with Gasteiger partial charge in [-0.3, -0.25) is 0 Å². The molecule has 3 aromatic heterocycles. The lowest BCUT2D eigenvalue weighted by molar-refractivity contribution is 0.0486. The lowest BCUT2D eigenvalue weighted by atomic mass is 10.1. The van der Waals surface area contributed by atoms with Crippen molar-refractivity contribution in [1.82, 2.24) is 18.9 Å². The molecule has 0 radical (unpaired) electrons. The number of aryl methyl sites for hydroxylation is 1. The van der Waals surface area contributed by atoms with Crippen LogP contribution in [0.2, 0.25) is 0 Å². The Morgan fingerprint density at radius 1 is 1.15 bits per heavy atom. The van der Waals surface area contributed by atoms with E-state index in [1.54, 1.807) is 6.20 Å². The first-order valence-corrected chi connectivity index (χ1v) is 8.88. The van der Waals surface area contributed by atoms with Crippen LogP contribution in [-0.4, -0.2) is 52.1 Å². The first-order chi connectivity index (χ1) is 13.1. The van der Waals surface area contributed by atoms with Crippen LogP contribution in [0.25, 0.3) is 27.8 Å². The Hall–Kier alpha value is -3.12. The third-order valence-electron chi connectivity index (χ3n) is 4.69. The molecule has 0 bridgehead atoms. The number of fused-ring (bicyclic) bond motifs is 3. The van der Waals surface area contributed by atoms with Crippen LogP contribution in [0, 0.1) is 0 Å². The van der Waals surface area contributed by atoms with Gasteiger partial charge in [0.25, 0.3) is 0 Å². The summed E-state index contributed by atoms with van der Waals surface area (Å²) in [5.74, 6) is 0.588. The normalized spacial score (nSPS) is 11.6. The number of rotatable bonds is 5. The summed E-state index contributed by atoms with van der Waals surface area (Å²) in [5.41, 5.74) is 3.41. The van der Waals surface area contributed by atoms with Crippen LogP contribution in [0.15, 0.2) is 55.0 Å². The molecular formula is C21H22N4O2. The monoisotopic (exact) mass is 362 g/mol. The fourth-order valence-corrected chi connectivity index (χ4v) is 3.32. The topological polar surface area (TPSA) is 51.8 Å². The number of hydrogen-bond acceptors (Lipinski definition) is 4. The van der Waals surface area contributed by atoms with Crippen molar-refractivity contribution < 1.29 is 9.53 Å². The second-order valence-electron chi connectivity index (χ2n) is 6.87. The van der Waals surface area contributed by atoms with Gasteiger partial charge in [0, 0.05) is 43.1 Å². The summed E-state index contributed by atoms with van der Waals surface area (Å²) in [6.07, 6.45) is 5.72. The highest BCUT2D eigenvalue weighted by molar-refractivity contribution is 6.11. The van der Waals surface area contributed by atoms with Crippen LogP contribution in [0.1, 0.15) is 10.4 Å². The van der Waals surface area contributed by atoms with Crippen molar-refractivity contribution in [1.29, 1.82) is 0 Å². The second-order valence-corrected chi connectivity index (χ2v) is 6.87. The van der Waals surface area contributed by atoms with Crippen LogP contribution in [0.4, 0.5) is 0 Å². The Bertz CT molecular complexity index is 1120. The van der Waals surface area contributed by atoms with Crippen molar-refractivity contribution in [2.24, 2.45) is 7.05 Å². The predicted octanol–water partition coefficient (Wildman–Crippen LogP) is 3.21. The van der Waals surface area contributed by atoms with E-state index in [1.165, 1.54) is 0 Å². The molecule has 6 nitrogen and oxygen atoms in total. The van der Waals surface area contributed by atoms with Gasteiger partial charge in [0.1, 0.15) is 12.4 Å². The number of esters is 1. The number of hydrogen-bond donors (Lipinski definition) is 0. The SMILES string of the molecule is CN(C)CCOC(=O)c1c2ccccc2n2cc(-c3nccn3C)ccc12. The maximum absolute atomic E-state index is 12.8. The van der Waals surface area contributed by atoms with E-state index in [-0.39, 0.29) is 5.97 Å². The van der Waals surface area contributed by atoms with E-state index in [1.807, 2.05) is 83.8 Å². The molecule has 1 aromatic carbocycles. The van der Waals surface area contributed by atoms with Gasteiger partial charge < -0.3 is 18.6 Å². The summed E-state index contributed by atoms with van der Waals surface area (Å²) in [5, 5.41) is 0.893. The summed E-state index contributed by atoms with van der Waals surface area (Å²) < 4.78 is 9.54. The zero-order valence-corrected chi connectivity index (χ0v) is 15.7. The Kier molecular flexibility index (Phi) is 4.41. The Labute approximate surface area is 157 Å². The third kappa shape index (κ3) is 3.08. The van der Waals surface area contributed by atoms with Gasteiger partial charge in [-0.1, -0.05) is 18.2 Å². The average molecular weight is 362 g/mol. The standard InChI is InChI=1S/C21H22N4O2/c1-23(2)12-13-27-21(26)19-16-6-4-5-7-17(16)25-14-15(8-9-18(19)25)20-22-10-11-24(20)3/h4-11,14H,12-13H2,1-3H3. The molecule has 0 aliphatic carbocycles. The average Bonchev–Trinajstić information content (AvgIpc) is 3.22. The van der Waals surface area contributed by atoms with Gasteiger partial charge in [-0.15, -0.1) is 0 Å². The Balaban J connectivity index is 1.83. The summed E-state index contributed by atoms with van der Waals surface area (Å²) in [6.45, 7) is 1.06. The lowest BCUT2D eigenvalue weighted by Gasteiger charge is -2.10. The molecule has 0 N–H and O–H groups in total. The quantitative estimate of drug-likeness (QED) is 0.512. The number of nitrogens with zero attached hydrogens (tertiary/aromatic N) is 4. The smallest absolute Gasteiger partial charge is 0.341 e. The molecule has 0 amide bonds. The molecule has 27 heavy (non-hydrogen) atoms. The molecule has 138 valence electrons. The Morgan fingerprint density at radius 3 is 2.70 bits per heavy atom. The summed E-state index contributed by atoms with van der Waals surface area (Å²) in [4.78, 5) is 19.2. The van der Waals surface area contributed by atoms with Gasteiger partial charge in [-0.2, -0.15) is 0 Å². The van der Waals surface area contributed by atoms with E-state index in [0.29, 0.717) is 18.7 Å². The molecule has 4 aromatic rings. The summed E-state index contributed by atoms with van der Waals surface area (Å²) in [6, 6.07) is 11.9. The van der Waals surface area contributed by atoms with Gasteiger partial charge >= 0.3 is 5.97 Å². The zero-order valence-electron chi connectivity index (χ0n) is 15.7. The molecule has 0 saturated heterocycles. The largest absolute Gasteiger partial charge is 0.461 e. The van der Waals surface area contributed by atoms with E-state index in [0.717, 1.165) is 27.8 Å². The van der Waals surface area contributed by atoms with E-state index in [4.69, 9.17) is 4.74 Å². The van der Waals surface area contributed by atoms with E-state index in [2.05, 4.69) is 4.98 Å². The van der Waals surface area contributed by atoms with Crippen molar-refractivity contribution in [3.63, 3.8) is 0 Å². The number of imidazole rings is 1. The lowest BCUT2D eigenvalue weighted by Crippen LogP contribution is -2.20. The number of aromatic nitrogens is 3. The third-order valence-corrected chi connectivity index (χ3v) is 4.69. The van der Waals surface area contributed by atoms with Crippen molar-refractivity contribution in [2.45, 2.75) is 0 Å². The highest BCUT2D eigenvalue weighted by atomic mass is 16.5. The fraction of sp³-hybridized carbons (Fsp3) is 0.238. The molecule has 6 heteroatoms. The fourth-order valence-electron chi connectivity index (χ4n) is 3.32. The van der Waals surface area contributed by atoms with Crippen LogP contribution in [0.3, 0.4) is 0 Å². The predicted molar refractivity (Wildman–Crippen MR) is 106 cm³/mol. The van der Waals surface area contributed by atoms with Crippen LogP contribution >= 0.6 is 0 Å². The summed E-state index contributed by atoms with van der Waals surface area (Å²) in [7, 11) is 5.88. The van der Waals surface area contributed by atoms with E-state index < -0.39 is 0 Å². The number of carbonyl (C=O) groups is 1. The van der Waals surface area contributed by atoms with Gasteiger partial charge in [-0.05, 0) is 32.3 Å². The second kappa shape index (κ2) is 6.89. The molecule has 0 saturated carbocycles. The number of para-hydroxylation sites is 1. The molecule has 3 heterocycles. The minimum absolute atomic E-state index is 0.291. The van der Waals surface area contributed by atoms with Crippen LogP contribution in [-0.2, 0) is 11.8 Å². The van der Waals surface area contributed by atoms with Crippen molar-refractivity contribution in [3.8, 4) is 11.4 Å². The maximum atomic E-state index is 12.8. The van der Waals surface area contributed by atoms with Gasteiger partial charge in [0.05, 0.1) is 16.6 Å².